The molecule has 0 fully saturated rings. The van der Waals surface area contributed by atoms with E-state index in [9.17, 15) is 9.59 Å². The summed E-state index contributed by atoms with van der Waals surface area (Å²) >= 11 is 0. The zero-order chi connectivity index (χ0) is 20.5. The van der Waals surface area contributed by atoms with E-state index >= 15 is 0 Å². The topological polar surface area (TPSA) is 82.2 Å². The van der Waals surface area contributed by atoms with E-state index in [2.05, 4.69) is 11.2 Å². The van der Waals surface area contributed by atoms with E-state index in [1.807, 2.05) is 38.1 Å². The number of carbonyl (C=O) groups excluding carboxylic acids is 1. The van der Waals surface area contributed by atoms with Crippen LogP contribution in [-0.4, -0.2) is 52.7 Å². The van der Waals surface area contributed by atoms with E-state index < -0.39 is 0 Å². The molecule has 0 unspecified atom stereocenters. The molecule has 2 aromatic rings. The van der Waals surface area contributed by atoms with Crippen LogP contribution < -0.4 is 5.56 Å². The third-order valence-corrected chi connectivity index (χ3v) is 4.37. The lowest BCUT2D eigenvalue weighted by atomic mass is 10.1. The van der Waals surface area contributed by atoms with Gasteiger partial charge in [-0.3, -0.25) is 9.59 Å². The molecule has 0 bridgehead atoms. The smallest absolute Gasteiger partial charge is 0.274 e. The maximum atomic E-state index is 13.1. The first-order valence-corrected chi connectivity index (χ1v) is 9.45. The Balaban J connectivity index is 2.24. The first-order chi connectivity index (χ1) is 13.4. The number of hydrogen-bond acceptors (Lipinski definition) is 5. The van der Waals surface area contributed by atoms with Crippen LogP contribution in [0.25, 0.3) is 0 Å². The summed E-state index contributed by atoms with van der Waals surface area (Å²) in [4.78, 5) is 28.8. The highest BCUT2D eigenvalue weighted by atomic mass is 16.2. The van der Waals surface area contributed by atoms with Gasteiger partial charge < -0.3 is 9.80 Å². The summed E-state index contributed by atoms with van der Waals surface area (Å²) < 4.78 is 1.36. The van der Waals surface area contributed by atoms with Crippen LogP contribution in [0.2, 0.25) is 0 Å². The Morgan fingerprint density at radius 2 is 1.86 bits per heavy atom. The standard InChI is InChI=1S/C21H27N5O2/c1-4-5-12-26-20(27)11-10-19(23-26)21(28)25(14-13-24(2)3)16-18-8-6-17(15-22)7-9-18/h6-11H,4-5,12-14,16H2,1-3H3. The molecule has 0 N–H and O–H groups in total. The van der Waals surface area contributed by atoms with Gasteiger partial charge in [0.25, 0.3) is 11.5 Å². The highest BCUT2D eigenvalue weighted by molar-refractivity contribution is 5.92. The molecular formula is C21H27N5O2. The Labute approximate surface area is 165 Å². The van der Waals surface area contributed by atoms with E-state index in [1.165, 1.54) is 16.8 Å². The van der Waals surface area contributed by atoms with Gasteiger partial charge in [0.05, 0.1) is 11.6 Å². The van der Waals surface area contributed by atoms with E-state index in [0.717, 1.165) is 18.4 Å². The zero-order valence-corrected chi connectivity index (χ0v) is 16.8. The second-order valence-electron chi connectivity index (χ2n) is 6.97. The minimum absolute atomic E-state index is 0.197. The lowest BCUT2D eigenvalue weighted by Gasteiger charge is -2.24. The van der Waals surface area contributed by atoms with Crippen molar-refractivity contribution in [3.05, 3.63) is 63.6 Å². The summed E-state index contributed by atoms with van der Waals surface area (Å²) in [7, 11) is 3.90. The summed E-state index contributed by atoms with van der Waals surface area (Å²) in [6.07, 6.45) is 1.78. The number of likely N-dealkylation sites (N-methyl/N-ethyl adjacent to an activating group) is 1. The summed E-state index contributed by atoms with van der Waals surface area (Å²) in [6.45, 7) is 4.19. The normalized spacial score (nSPS) is 10.7. The average molecular weight is 381 g/mol. The minimum atomic E-state index is -0.212. The van der Waals surface area contributed by atoms with E-state index in [0.29, 0.717) is 31.7 Å². The number of unbranched alkanes of at least 4 members (excludes halogenated alkanes) is 1. The number of rotatable bonds is 9. The minimum Gasteiger partial charge on any atom is -0.332 e. The average Bonchev–Trinajstić information content (AvgIpc) is 2.70. The Morgan fingerprint density at radius 3 is 2.46 bits per heavy atom. The Bertz CT molecular complexity index is 881. The van der Waals surface area contributed by atoms with E-state index in [-0.39, 0.29) is 17.2 Å². The number of nitrogens with zero attached hydrogens (tertiary/aromatic N) is 5. The molecule has 2 rings (SSSR count). The third kappa shape index (κ3) is 6.03. The molecule has 0 aliphatic carbocycles. The predicted octanol–water partition coefficient (Wildman–Crippen LogP) is 2.12. The number of benzene rings is 1. The van der Waals surface area contributed by atoms with Gasteiger partial charge in [0.2, 0.25) is 0 Å². The number of nitriles is 1. The highest BCUT2D eigenvalue weighted by Crippen LogP contribution is 2.10. The quantitative estimate of drug-likeness (QED) is 0.664. The second-order valence-corrected chi connectivity index (χ2v) is 6.97. The highest BCUT2D eigenvalue weighted by Gasteiger charge is 2.19. The first kappa shape index (κ1) is 21.3. The molecule has 7 heteroatoms. The van der Waals surface area contributed by atoms with Gasteiger partial charge in [0.15, 0.2) is 0 Å². The number of amides is 1. The summed E-state index contributed by atoms with van der Waals surface area (Å²) in [5.41, 5.74) is 1.59. The van der Waals surface area contributed by atoms with Gasteiger partial charge in [-0.15, -0.1) is 0 Å². The van der Waals surface area contributed by atoms with Crippen LogP contribution in [-0.2, 0) is 13.1 Å². The molecule has 0 aliphatic rings. The summed E-state index contributed by atoms with van der Waals surface area (Å²) in [6, 6.07) is 12.2. The van der Waals surface area contributed by atoms with Crippen LogP contribution in [0.4, 0.5) is 0 Å². The van der Waals surface area contributed by atoms with E-state index in [4.69, 9.17) is 5.26 Å². The Morgan fingerprint density at radius 1 is 1.14 bits per heavy atom. The molecule has 1 amide bonds. The Kier molecular flexibility index (Phi) is 7.90. The number of hydrogen-bond donors (Lipinski definition) is 0. The monoisotopic (exact) mass is 381 g/mol. The van der Waals surface area contributed by atoms with Crippen molar-refractivity contribution in [2.45, 2.75) is 32.9 Å². The molecule has 7 nitrogen and oxygen atoms in total. The molecule has 0 saturated heterocycles. The van der Waals surface area contributed by atoms with Gasteiger partial charge in [0.1, 0.15) is 5.69 Å². The Hall–Kier alpha value is -2.98. The number of aryl methyl sites for hydroxylation is 1. The fraction of sp³-hybridized carbons (Fsp3) is 0.429. The molecule has 0 spiro atoms. The van der Waals surface area contributed by atoms with Crippen molar-refractivity contribution < 1.29 is 4.79 Å². The van der Waals surface area contributed by atoms with Crippen LogP contribution in [0.15, 0.2) is 41.2 Å². The molecule has 148 valence electrons. The van der Waals surface area contributed by atoms with Gasteiger partial charge >= 0.3 is 0 Å². The number of carbonyl (C=O) groups is 1. The molecule has 0 aliphatic heterocycles. The van der Waals surface area contributed by atoms with Crippen LogP contribution in [0, 0.1) is 11.3 Å². The lowest BCUT2D eigenvalue weighted by Crippen LogP contribution is -2.37. The molecule has 0 atom stereocenters. The fourth-order valence-corrected chi connectivity index (χ4v) is 2.67. The lowest BCUT2D eigenvalue weighted by molar-refractivity contribution is 0.0723. The van der Waals surface area contributed by atoms with Crippen molar-refractivity contribution >= 4 is 5.91 Å². The second kappa shape index (κ2) is 10.4. The van der Waals surface area contributed by atoms with Gasteiger partial charge in [-0.05, 0) is 44.3 Å². The molecule has 1 aromatic carbocycles. The summed E-state index contributed by atoms with van der Waals surface area (Å²) in [5, 5.41) is 13.2. The van der Waals surface area contributed by atoms with Crippen LogP contribution in [0.1, 0.15) is 41.4 Å². The fourth-order valence-electron chi connectivity index (χ4n) is 2.67. The van der Waals surface area contributed by atoms with E-state index in [1.54, 1.807) is 17.0 Å². The van der Waals surface area contributed by atoms with Crippen molar-refractivity contribution in [3.63, 3.8) is 0 Å². The largest absolute Gasteiger partial charge is 0.332 e. The van der Waals surface area contributed by atoms with Gasteiger partial charge in [0, 0.05) is 32.2 Å². The molecule has 1 aromatic heterocycles. The summed E-state index contributed by atoms with van der Waals surface area (Å²) in [5.74, 6) is -0.212. The molecule has 1 heterocycles. The van der Waals surface area contributed by atoms with Crippen molar-refractivity contribution in [2.24, 2.45) is 0 Å². The van der Waals surface area contributed by atoms with Crippen molar-refractivity contribution in [1.82, 2.24) is 19.6 Å². The van der Waals surface area contributed by atoms with Crippen molar-refractivity contribution in [3.8, 4) is 6.07 Å². The molecule has 28 heavy (non-hydrogen) atoms. The van der Waals surface area contributed by atoms with Crippen LogP contribution >= 0.6 is 0 Å². The SMILES string of the molecule is CCCCn1nc(C(=O)N(CCN(C)C)Cc2ccc(C#N)cc2)ccc1=O. The van der Waals surface area contributed by atoms with Gasteiger partial charge in [-0.25, -0.2) is 4.68 Å². The zero-order valence-electron chi connectivity index (χ0n) is 16.8. The predicted molar refractivity (Wildman–Crippen MR) is 108 cm³/mol. The van der Waals surface area contributed by atoms with Crippen molar-refractivity contribution in [2.75, 3.05) is 27.2 Å². The van der Waals surface area contributed by atoms with Crippen molar-refractivity contribution in [1.29, 1.82) is 5.26 Å². The van der Waals surface area contributed by atoms with Gasteiger partial charge in [-0.2, -0.15) is 10.4 Å². The molecule has 0 saturated carbocycles. The third-order valence-electron chi connectivity index (χ3n) is 4.37. The first-order valence-electron chi connectivity index (χ1n) is 9.45. The van der Waals surface area contributed by atoms with Crippen LogP contribution in [0.5, 0.6) is 0 Å². The maximum absolute atomic E-state index is 13.1. The van der Waals surface area contributed by atoms with Crippen LogP contribution in [0.3, 0.4) is 0 Å². The molecule has 0 radical (unpaired) electrons. The number of aromatic nitrogens is 2. The maximum Gasteiger partial charge on any atom is 0.274 e. The van der Waals surface area contributed by atoms with Gasteiger partial charge in [-0.1, -0.05) is 25.5 Å². The molecular weight excluding hydrogens is 354 g/mol.